The summed E-state index contributed by atoms with van der Waals surface area (Å²) in [6.45, 7) is 1.59. The summed E-state index contributed by atoms with van der Waals surface area (Å²) in [5.41, 5.74) is 5.28. The van der Waals surface area contributed by atoms with Gasteiger partial charge in [0, 0.05) is 0 Å². The van der Waals surface area contributed by atoms with Crippen LogP contribution in [0.2, 0.25) is 0 Å². The molecular weight excluding hydrogens is 194 g/mol. The van der Waals surface area contributed by atoms with Gasteiger partial charge in [-0.2, -0.15) is 0 Å². The van der Waals surface area contributed by atoms with E-state index in [4.69, 9.17) is 5.73 Å². The molecule has 0 heterocycles. The van der Waals surface area contributed by atoms with E-state index in [1.54, 1.807) is 6.92 Å². The second kappa shape index (κ2) is 3.66. The molecule has 0 aliphatic rings. The first-order valence-corrected chi connectivity index (χ1v) is 3.93. The van der Waals surface area contributed by atoms with Gasteiger partial charge in [-0.15, -0.1) is 0 Å². The fourth-order valence-corrected chi connectivity index (χ4v) is 1.04. The zero-order chi connectivity index (χ0) is 10.0. The minimum Gasteiger partial charge on any atom is -0.376 e. The lowest BCUT2D eigenvalue weighted by atomic mass is 10.2. The Morgan fingerprint density at radius 1 is 1.38 bits per heavy atom. The molecule has 0 unspecified atom stereocenters. The molecule has 1 rings (SSSR count). The number of thiocarbonyl (C=S) groups is 1. The van der Waals surface area contributed by atoms with Crippen LogP contribution in [0.4, 0.5) is 14.5 Å². The van der Waals surface area contributed by atoms with Gasteiger partial charge in [0.1, 0.15) is 17.3 Å². The lowest BCUT2D eigenvalue weighted by Gasteiger charge is -2.07. The number of nitrogens with two attached hydrogens (primary N) is 1. The van der Waals surface area contributed by atoms with Gasteiger partial charge in [0.2, 0.25) is 0 Å². The fourth-order valence-electron chi connectivity index (χ4n) is 0.942. The van der Waals surface area contributed by atoms with Gasteiger partial charge in [-0.3, -0.25) is 0 Å². The Hall–Kier alpha value is -1.23. The predicted octanol–water partition coefficient (Wildman–Crippen LogP) is 1.93. The zero-order valence-electron chi connectivity index (χ0n) is 6.90. The van der Waals surface area contributed by atoms with Crippen LogP contribution in [0, 0.1) is 18.6 Å². The molecule has 0 saturated heterocycles. The molecule has 0 fully saturated rings. The van der Waals surface area contributed by atoms with Gasteiger partial charge < -0.3 is 11.1 Å². The van der Waals surface area contributed by atoms with Crippen molar-refractivity contribution in [3.63, 3.8) is 0 Å². The first-order chi connectivity index (χ1) is 6.00. The molecule has 1 aromatic carbocycles. The third kappa shape index (κ3) is 2.35. The van der Waals surface area contributed by atoms with Gasteiger partial charge in [-0.05, 0) is 36.8 Å². The zero-order valence-corrected chi connectivity index (χ0v) is 7.71. The van der Waals surface area contributed by atoms with Gasteiger partial charge in [-0.25, -0.2) is 8.78 Å². The van der Waals surface area contributed by atoms with Crippen LogP contribution in [0.15, 0.2) is 12.1 Å². The molecule has 5 heteroatoms. The summed E-state index contributed by atoms with van der Waals surface area (Å²) in [4.78, 5) is 0. The number of hydrogen-bond acceptors (Lipinski definition) is 1. The van der Waals surface area contributed by atoms with Crippen LogP contribution < -0.4 is 11.1 Å². The number of hydrogen-bond donors (Lipinski definition) is 2. The number of benzene rings is 1. The van der Waals surface area contributed by atoms with E-state index in [0.29, 0.717) is 5.56 Å². The summed E-state index contributed by atoms with van der Waals surface area (Å²) >= 11 is 4.46. The summed E-state index contributed by atoms with van der Waals surface area (Å²) < 4.78 is 26.1. The lowest BCUT2D eigenvalue weighted by Crippen LogP contribution is -2.20. The molecule has 1 aromatic rings. The molecule has 0 radical (unpaired) electrons. The molecule has 0 aliphatic carbocycles. The van der Waals surface area contributed by atoms with E-state index >= 15 is 0 Å². The molecule has 70 valence electrons. The Morgan fingerprint density at radius 3 is 2.23 bits per heavy atom. The second-order valence-electron chi connectivity index (χ2n) is 2.59. The molecular formula is C8H8F2N2S. The third-order valence-corrected chi connectivity index (χ3v) is 1.54. The number of rotatable bonds is 1. The first kappa shape index (κ1) is 9.85. The SMILES string of the molecule is Cc1cc(F)c(NC(N)=S)c(F)c1. The first-order valence-electron chi connectivity index (χ1n) is 3.53. The lowest BCUT2D eigenvalue weighted by molar-refractivity contribution is 0.589. The molecule has 0 aromatic heterocycles. The maximum absolute atomic E-state index is 13.1. The molecule has 0 atom stereocenters. The Balaban J connectivity index is 3.13. The molecule has 0 saturated carbocycles. The van der Waals surface area contributed by atoms with Crippen LogP contribution in [0.5, 0.6) is 0 Å². The van der Waals surface area contributed by atoms with Gasteiger partial charge in [0.25, 0.3) is 0 Å². The van der Waals surface area contributed by atoms with Crippen molar-refractivity contribution in [1.29, 1.82) is 0 Å². The van der Waals surface area contributed by atoms with Crippen LogP contribution in [0.3, 0.4) is 0 Å². The van der Waals surface area contributed by atoms with Crippen LogP contribution in [-0.4, -0.2) is 5.11 Å². The van der Waals surface area contributed by atoms with E-state index in [2.05, 4.69) is 17.5 Å². The van der Waals surface area contributed by atoms with Crippen molar-refractivity contribution in [1.82, 2.24) is 0 Å². The van der Waals surface area contributed by atoms with Crippen molar-refractivity contribution in [3.8, 4) is 0 Å². The second-order valence-corrected chi connectivity index (χ2v) is 3.03. The molecule has 0 amide bonds. The fraction of sp³-hybridized carbons (Fsp3) is 0.125. The van der Waals surface area contributed by atoms with E-state index in [9.17, 15) is 8.78 Å². The summed E-state index contributed by atoms with van der Waals surface area (Å²) in [6, 6.07) is 2.40. The minimum atomic E-state index is -0.703. The molecule has 2 nitrogen and oxygen atoms in total. The van der Waals surface area contributed by atoms with Crippen molar-refractivity contribution >= 4 is 23.0 Å². The Labute approximate surface area is 79.7 Å². The summed E-state index contributed by atoms with van der Waals surface area (Å²) in [6.07, 6.45) is 0. The maximum Gasteiger partial charge on any atom is 0.168 e. The highest BCUT2D eigenvalue weighted by Crippen LogP contribution is 2.19. The molecule has 13 heavy (non-hydrogen) atoms. The van der Waals surface area contributed by atoms with E-state index in [0.717, 1.165) is 0 Å². The largest absolute Gasteiger partial charge is 0.376 e. The van der Waals surface area contributed by atoms with Gasteiger partial charge in [-0.1, -0.05) is 0 Å². The molecule has 3 N–H and O–H groups in total. The standard InChI is InChI=1S/C8H8F2N2S/c1-4-2-5(9)7(6(10)3-4)12-8(11)13/h2-3H,1H3,(H3,11,12,13). The number of anilines is 1. The van der Waals surface area contributed by atoms with E-state index in [1.165, 1.54) is 12.1 Å². The molecule has 0 spiro atoms. The van der Waals surface area contributed by atoms with E-state index in [1.807, 2.05) is 0 Å². The normalized spacial score (nSPS) is 9.77. The summed E-state index contributed by atoms with van der Waals surface area (Å²) in [5, 5.41) is 2.06. The van der Waals surface area contributed by atoms with Crippen molar-refractivity contribution in [2.45, 2.75) is 6.92 Å². The van der Waals surface area contributed by atoms with Crippen molar-refractivity contribution in [2.75, 3.05) is 5.32 Å². The van der Waals surface area contributed by atoms with Gasteiger partial charge in [0.05, 0.1) is 0 Å². The number of nitrogens with one attached hydrogen (secondary N) is 1. The van der Waals surface area contributed by atoms with Crippen LogP contribution in [0.1, 0.15) is 5.56 Å². The smallest absolute Gasteiger partial charge is 0.168 e. The third-order valence-electron chi connectivity index (χ3n) is 1.43. The van der Waals surface area contributed by atoms with Crippen LogP contribution in [-0.2, 0) is 0 Å². The maximum atomic E-state index is 13.1. The van der Waals surface area contributed by atoms with Crippen molar-refractivity contribution in [2.24, 2.45) is 5.73 Å². The molecule has 0 bridgehead atoms. The van der Waals surface area contributed by atoms with Crippen molar-refractivity contribution < 1.29 is 8.78 Å². The van der Waals surface area contributed by atoms with Gasteiger partial charge in [0.15, 0.2) is 5.11 Å². The van der Waals surface area contributed by atoms with Gasteiger partial charge >= 0.3 is 0 Å². The highest BCUT2D eigenvalue weighted by Gasteiger charge is 2.09. The minimum absolute atomic E-state index is 0.165. The monoisotopic (exact) mass is 202 g/mol. The van der Waals surface area contributed by atoms with Crippen molar-refractivity contribution in [3.05, 3.63) is 29.3 Å². The average molecular weight is 202 g/mol. The Morgan fingerprint density at radius 2 is 1.85 bits per heavy atom. The topological polar surface area (TPSA) is 38.0 Å². The predicted molar refractivity (Wildman–Crippen MR) is 51.5 cm³/mol. The van der Waals surface area contributed by atoms with Crippen LogP contribution in [0.25, 0.3) is 0 Å². The molecule has 0 aliphatic heterocycles. The Bertz CT molecular complexity index is 329. The average Bonchev–Trinajstić information content (AvgIpc) is 1.96. The number of aryl methyl sites for hydroxylation is 1. The van der Waals surface area contributed by atoms with E-state index < -0.39 is 11.6 Å². The Kier molecular flexibility index (Phi) is 2.77. The van der Waals surface area contributed by atoms with Crippen LogP contribution >= 0.6 is 12.2 Å². The highest BCUT2D eigenvalue weighted by atomic mass is 32.1. The summed E-state index contributed by atoms with van der Waals surface area (Å²) in [7, 11) is 0. The number of halogens is 2. The van der Waals surface area contributed by atoms with E-state index in [-0.39, 0.29) is 10.8 Å². The highest BCUT2D eigenvalue weighted by molar-refractivity contribution is 7.80. The quantitative estimate of drug-likeness (QED) is 0.683. The summed E-state index contributed by atoms with van der Waals surface area (Å²) in [5.74, 6) is -1.41.